The number of halogens is 3. The predicted molar refractivity (Wildman–Crippen MR) is 77.9 cm³/mol. The van der Waals surface area contributed by atoms with Crippen molar-refractivity contribution in [3.8, 4) is 5.75 Å². The van der Waals surface area contributed by atoms with Gasteiger partial charge in [0.05, 0.1) is 11.6 Å². The minimum Gasteiger partial charge on any atom is -0.492 e. The van der Waals surface area contributed by atoms with E-state index >= 15 is 0 Å². The number of hydrogen-bond donors (Lipinski definition) is 2. The van der Waals surface area contributed by atoms with E-state index < -0.39 is 0 Å². The summed E-state index contributed by atoms with van der Waals surface area (Å²) in [4.78, 5) is 0. The zero-order chi connectivity index (χ0) is 11.4. The molecule has 1 fully saturated rings. The van der Waals surface area contributed by atoms with Crippen LogP contribution in [0.15, 0.2) is 30.2 Å². The zero-order valence-corrected chi connectivity index (χ0v) is 11.9. The van der Waals surface area contributed by atoms with Crippen LogP contribution in [-0.2, 0) is 4.74 Å². The fourth-order valence-corrected chi connectivity index (χ4v) is 1.57. The van der Waals surface area contributed by atoms with E-state index in [1.54, 1.807) is 24.5 Å². The topological polar surface area (TPSA) is 56.5 Å². The average Bonchev–Trinajstić information content (AvgIpc) is 2.29. The SMILES string of the molecule is Cl.Cl.Nc1ccc(OC=C2CNCCO2)c(Cl)c1. The Balaban J connectivity index is 0.00000144. The summed E-state index contributed by atoms with van der Waals surface area (Å²) < 4.78 is 10.8. The number of ether oxygens (including phenoxy) is 2. The second kappa shape index (κ2) is 8.32. The van der Waals surface area contributed by atoms with Crippen molar-refractivity contribution in [1.29, 1.82) is 0 Å². The smallest absolute Gasteiger partial charge is 0.145 e. The number of rotatable bonds is 2. The Morgan fingerprint density at radius 3 is 2.78 bits per heavy atom. The average molecular weight is 314 g/mol. The molecule has 0 aliphatic carbocycles. The highest BCUT2D eigenvalue weighted by atomic mass is 35.5. The minimum atomic E-state index is 0. The van der Waals surface area contributed by atoms with Crippen LogP contribution in [0, 0.1) is 0 Å². The molecule has 102 valence electrons. The van der Waals surface area contributed by atoms with E-state index in [0.29, 0.717) is 29.6 Å². The van der Waals surface area contributed by atoms with Crippen LogP contribution in [0.3, 0.4) is 0 Å². The van der Waals surface area contributed by atoms with E-state index in [2.05, 4.69) is 5.32 Å². The third-order valence-corrected chi connectivity index (χ3v) is 2.43. The molecule has 0 atom stereocenters. The number of nitrogens with one attached hydrogen (secondary N) is 1. The highest BCUT2D eigenvalue weighted by Crippen LogP contribution is 2.26. The molecule has 0 saturated carbocycles. The van der Waals surface area contributed by atoms with Gasteiger partial charge in [0.25, 0.3) is 0 Å². The van der Waals surface area contributed by atoms with Gasteiger partial charge >= 0.3 is 0 Å². The molecule has 1 saturated heterocycles. The number of morpholine rings is 1. The molecule has 1 heterocycles. The van der Waals surface area contributed by atoms with Gasteiger partial charge in [0.15, 0.2) is 0 Å². The second-order valence-corrected chi connectivity index (χ2v) is 3.82. The summed E-state index contributed by atoms with van der Waals surface area (Å²) in [5.41, 5.74) is 6.19. The van der Waals surface area contributed by atoms with Gasteiger partial charge in [-0.15, -0.1) is 24.8 Å². The summed E-state index contributed by atoms with van der Waals surface area (Å²) in [5.74, 6) is 1.33. The van der Waals surface area contributed by atoms with Gasteiger partial charge in [0, 0.05) is 12.2 Å². The van der Waals surface area contributed by atoms with E-state index in [1.807, 2.05) is 0 Å². The Morgan fingerprint density at radius 1 is 1.39 bits per heavy atom. The summed E-state index contributed by atoms with van der Waals surface area (Å²) in [5, 5.41) is 3.66. The normalized spacial score (nSPS) is 16.2. The van der Waals surface area contributed by atoms with Crippen molar-refractivity contribution in [2.75, 3.05) is 25.4 Å². The first-order valence-corrected chi connectivity index (χ1v) is 5.38. The molecule has 0 unspecified atom stereocenters. The second-order valence-electron chi connectivity index (χ2n) is 3.42. The summed E-state index contributed by atoms with van der Waals surface area (Å²) in [7, 11) is 0. The van der Waals surface area contributed by atoms with Crippen molar-refractivity contribution in [2.24, 2.45) is 0 Å². The van der Waals surface area contributed by atoms with Crippen LogP contribution in [0.25, 0.3) is 0 Å². The van der Waals surface area contributed by atoms with Gasteiger partial charge in [0.1, 0.15) is 24.4 Å². The first kappa shape index (κ1) is 17.2. The lowest BCUT2D eigenvalue weighted by Crippen LogP contribution is -2.29. The summed E-state index contributed by atoms with van der Waals surface area (Å²) >= 11 is 5.96. The fourth-order valence-electron chi connectivity index (χ4n) is 1.33. The largest absolute Gasteiger partial charge is 0.492 e. The molecule has 3 N–H and O–H groups in total. The number of hydrogen-bond acceptors (Lipinski definition) is 4. The molecule has 0 amide bonds. The predicted octanol–water partition coefficient (Wildman–Crippen LogP) is 2.61. The Hall–Kier alpha value is -0.810. The highest BCUT2D eigenvalue weighted by molar-refractivity contribution is 6.32. The molecule has 0 aromatic heterocycles. The standard InChI is InChI=1S/C11H13ClN2O2.2ClH/c12-10-5-8(13)1-2-11(10)16-7-9-6-14-3-4-15-9;;/h1-2,5,7,14H,3-4,6,13H2;2*1H. The van der Waals surface area contributed by atoms with Crippen LogP contribution in [0.1, 0.15) is 0 Å². The Bertz CT molecular complexity index is 405. The van der Waals surface area contributed by atoms with Crippen molar-refractivity contribution >= 4 is 42.1 Å². The van der Waals surface area contributed by atoms with Gasteiger partial charge in [0.2, 0.25) is 0 Å². The molecule has 1 aromatic rings. The van der Waals surface area contributed by atoms with E-state index in [1.165, 1.54) is 0 Å². The van der Waals surface area contributed by atoms with E-state index in [-0.39, 0.29) is 24.8 Å². The maximum atomic E-state index is 5.96. The molecular weight excluding hydrogens is 298 g/mol. The monoisotopic (exact) mass is 312 g/mol. The van der Waals surface area contributed by atoms with Crippen molar-refractivity contribution < 1.29 is 9.47 Å². The van der Waals surface area contributed by atoms with Crippen molar-refractivity contribution in [3.63, 3.8) is 0 Å². The maximum Gasteiger partial charge on any atom is 0.145 e. The zero-order valence-electron chi connectivity index (χ0n) is 9.52. The van der Waals surface area contributed by atoms with Crippen LogP contribution in [0.2, 0.25) is 5.02 Å². The van der Waals surface area contributed by atoms with Crippen LogP contribution >= 0.6 is 36.4 Å². The molecule has 7 heteroatoms. The van der Waals surface area contributed by atoms with Gasteiger partial charge in [-0.25, -0.2) is 0 Å². The molecule has 2 rings (SSSR count). The van der Waals surface area contributed by atoms with Crippen LogP contribution < -0.4 is 15.8 Å². The first-order chi connectivity index (χ1) is 7.75. The lowest BCUT2D eigenvalue weighted by molar-refractivity contribution is 0.168. The number of nitrogen functional groups attached to an aromatic ring is 1. The van der Waals surface area contributed by atoms with Crippen LogP contribution in [-0.4, -0.2) is 19.7 Å². The van der Waals surface area contributed by atoms with Gasteiger partial charge in [-0.2, -0.15) is 0 Å². The maximum absolute atomic E-state index is 5.96. The van der Waals surface area contributed by atoms with E-state index in [9.17, 15) is 0 Å². The Morgan fingerprint density at radius 2 is 2.17 bits per heavy atom. The first-order valence-electron chi connectivity index (χ1n) is 5.00. The van der Waals surface area contributed by atoms with Crippen molar-refractivity contribution in [3.05, 3.63) is 35.2 Å². The molecule has 0 radical (unpaired) electrons. The van der Waals surface area contributed by atoms with E-state index in [4.69, 9.17) is 26.8 Å². The van der Waals surface area contributed by atoms with Crippen molar-refractivity contribution in [2.45, 2.75) is 0 Å². The Kier molecular flexibility index (Phi) is 7.95. The molecule has 1 aliphatic heterocycles. The summed E-state index contributed by atoms with van der Waals surface area (Å²) in [6.07, 6.45) is 1.56. The van der Waals surface area contributed by atoms with Crippen LogP contribution in [0.5, 0.6) is 5.75 Å². The summed E-state index contributed by atoms with van der Waals surface area (Å²) in [6, 6.07) is 5.11. The lowest BCUT2D eigenvalue weighted by atomic mass is 10.3. The summed E-state index contributed by atoms with van der Waals surface area (Å²) in [6.45, 7) is 2.19. The Labute approximate surface area is 123 Å². The molecule has 1 aliphatic rings. The highest BCUT2D eigenvalue weighted by Gasteiger charge is 2.06. The quantitative estimate of drug-likeness (QED) is 0.651. The number of nitrogens with two attached hydrogens (primary N) is 1. The molecule has 0 bridgehead atoms. The fraction of sp³-hybridized carbons (Fsp3) is 0.273. The van der Waals surface area contributed by atoms with Gasteiger partial charge in [-0.1, -0.05) is 11.6 Å². The third kappa shape index (κ3) is 4.82. The van der Waals surface area contributed by atoms with E-state index in [0.717, 1.165) is 12.3 Å². The molecule has 1 aromatic carbocycles. The van der Waals surface area contributed by atoms with Crippen molar-refractivity contribution in [1.82, 2.24) is 5.32 Å². The molecule has 0 spiro atoms. The lowest BCUT2D eigenvalue weighted by Gasteiger charge is -2.17. The third-order valence-electron chi connectivity index (χ3n) is 2.14. The number of benzene rings is 1. The molecule has 4 nitrogen and oxygen atoms in total. The number of anilines is 1. The van der Waals surface area contributed by atoms with Gasteiger partial charge < -0.3 is 20.5 Å². The molecular formula is C11H15Cl3N2O2. The van der Waals surface area contributed by atoms with Gasteiger partial charge in [-0.3, -0.25) is 0 Å². The van der Waals surface area contributed by atoms with Crippen LogP contribution in [0.4, 0.5) is 5.69 Å². The molecule has 18 heavy (non-hydrogen) atoms. The van der Waals surface area contributed by atoms with Gasteiger partial charge in [-0.05, 0) is 18.2 Å². The minimum absolute atomic E-state index is 0.